The van der Waals surface area contributed by atoms with Crippen LogP contribution in [0.3, 0.4) is 0 Å². The molecule has 4 atom stereocenters. The third-order valence-corrected chi connectivity index (χ3v) is 31.8. The van der Waals surface area contributed by atoms with E-state index >= 15 is 0 Å². The average molecular weight is 1740 g/mol. The Labute approximate surface area is 788 Å². The third kappa shape index (κ3) is 15.3. The highest BCUT2D eigenvalue weighted by Gasteiger charge is 2.64. The highest BCUT2D eigenvalue weighted by molar-refractivity contribution is 7.01. The fourth-order valence-corrected chi connectivity index (χ4v) is 23.5. The summed E-state index contributed by atoms with van der Waals surface area (Å²) in [6.07, 6.45) is 9.84. The zero-order chi connectivity index (χ0) is 92.2. The normalized spacial score (nSPS) is 19.8. The van der Waals surface area contributed by atoms with E-state index in [0.29, 0.717) is 0 Å². The molecular formula is C121H145B2ClN6. The maximum atomic E-state index is 7.19. The number of nitrogens with one attached hydrogen (secondary N) is 1. The summed E-state index contributed by atoms with van der Waals surface area (Å²) in [7, 11) is 0. The molecule has 672 valence electrons. The second-order valence-electron chi connectivity index (χ2n) is 48.4. The number of para-hydroxylation sites is 2. The Morgan fingerprint density at radius 3 is 0.954 bits per heavy atom. The lowest BCUT2D eigenvalue weighted by atomic mass is 9.33. The Kier molecular flexibility index (Phi) is 22.4. The summed E-state index contributed by atoms with van der Waals surface area (Å²) in [5, 5.41) is 4.27. The second-order valence-corrected chi connectivity index (χ2v) is 48.9. The summed E-state index contributed by atoms with van der Waals surface area (Å²) in [4.78, 5) is 13.3. The first-order chi connectivity index (χ1) is 60.4. The van der Waals surface area contributed by atoms with Crippen LogP contribution < -0.4 is 62.6 Å². The van der Waals surface area contributed by atoms with Crippen molar-refractivity contribution in [3.8, 4) is 0 Å². The molecule has 0 spiro atoms. The van der Waals surface area contributed by atoms with Crippen LogP contribution in [0.15, 0.2) is 243 Å². The smallest absolute Gasteiger partial charge is 0.252 e. The molecular weight excluding hydrogens is 1590 g/mol. The number of halogens is 1. The molecule has 4 unspecified atom stereocenters. The fourth-order valence-electron chi connectivity index (χ4n) is 23.3. The van der Waals surface area contributed by atoms with Crippen molar-refractivity contribution in [3.63, 3.8) is 0 Å². The van der Waals surface area contributed by atoms with E-state index in [-0.39, 0.29) is 86.1 Å². The minimum atomic E-state index is -0.0814. The average Bonchev–Trinajstić information content (AvgIpc) is 1.51. The molecule has 2 aliphatic carbocycles. The van der Waals surface area contributed by atoms with E-state index < -0.39 is 0 Å². The molecule has 0 radical (unpaired) electrons. The van der Waals surface area contributed by atoms with E-state index in [4.69, 9.17) is 11.6 Å². The van der Waals surface area contributed by atoms with Crippen LogP contribution in [0.4, 0.5) is 85.3 Å². The topological polar surface area (TPSA) is 28.2 Å². The van der Waals surface area contributed by atoms with Crippen LogP contribution in [0.1, 0.15) is 308 Å². The van der Waals surface area contributed by atoms with Crippen molar-refractivity contribution in [2.45, 2.75) is 318 Å². The molecule has 9 heteroatoms. The van der Waals surface area contributed by atoms with Crippen LogP contribution in [0, 0.1) is 0 Å². The van der Waals surface area contributed by atoms with Gasteiger partial charge in [0, 0.05) is 95.5 Å². The maximum absolute atomic E-state index is 7.19. The molecule has 6 nitrogen and oxygen atoms in total. The first kappa shape index (κ1) is 91.7. The van der Waals surface area contributed by atoms with E-state index in [1.807, 2.05) is 0 Å². The lowest BCUT2D eigenvalue weighted by Crippen LogP contribution is -2.64. The summed E-state index contributed by atoms with van der Waals surface area (Å²) < 4.78 is 0. The van der Waals surface area contributed by atoms with E-state index in [1.54, 1.807) is 0 Å². The molecule has 12 aromatic rings. The van der Waals surface area contributed by atoms with Crippen LogP contribution in [0.2, 0.25) is 5.02 Å². The number of fused-ring (bicyclic) bond motifs is 14. The Hall–Kier alpha value is -10.1. The van der Waals surface area contributed by atoms with E-state index in [0.717, 1.165) is 22.8 Å². The van der Waals surface area contributed by atoms with Gasteiger partial charge in [0.05, 0.1) is 16.8 Å². The highest BCUT2D eigenvalue weighted by atomic mass is 35.5. The summed E-state index contributed by atoms with van der Waals surface area (Å²) in [6.45, 7) is 65.7. The minimum Gasteiger partial charge on any atom is -0.356 e. The van der Waals surface area contributed by atoms with Crippen molar-refractivity contribution < 1.29 is 0 Å². The number of nitrogens with zero attached hydrogens (tertiary/aromatic N) is 5. The monoisotopic (exact) mass is 1740 g/mol. The van der Waals surface area contributed by atoms with Crippen molar-refractivity contribution in [1.82, 2.24) is 0 Å². The van der Waals surface area contributed by atoms with Crippen molar-refractivity contribution >= 4 is 143 Å². The third-order valence-electron chi connectivity index (χ3n) is 31.6. The van der Waals surface area contributed by atoms with Gasteiger partial charge in [-0.15, -0.1) is 0 Å². The molecule has 6 heterocycles. The van der Waals surface area contributed by atoms with Crippen LogP contribution in [-0.2, 0) is 54.1 Å². The van der Waals surface area contributed by atoms with Crippen LogP contribution >= 0.6 is 11.6 Å². The number of hydrogen-bond acceptors (Lipinski definition) is 6. The molecule has 8 aliphatic rings. The van der Waals surface area contributed by atoms with Crippen LogP contribution in [0.5, 0.6) is 0 Å². The van der Waals surface area contributed by atoms with Gasteiger partial charge in [-0.05, 0) is 280 Å². The SMILES string of the molecule is C.CC(C)(C)c1ccc(N(c2ccc(C(C)(C)C)cc2)c2cc3c4c(c2)N2c5c(cccc5C5(C)CCCCC25C)B4c2ccc(C(C)(C)C)cc2N3c2cccc(C(C)(C)C)c2)cc1.CC(C)(C)c1ccc(Nc2ccc(C(C)(C)C)cc2)cc1.CC(C)(C)c1cccc(N2c3cc(C(C)(C)C)ccc3B3c4cccc5c4N(c4cc(Cl)cc2c43)C2(C)CCCCC52C)c1. The van der Waals surface area contributed by atoms with Crippen LogP contribution in [0.25, 0.3) is 0 Å². The fraction of sp³-hybridized carbons (Fsp3) is 0.405. The van der Waals surface area contributed by atoms with Crippen molar-refractivity contribution in [1.29, 1.82) is 0 Å². The van der Waals surface area contributed by atoms with E-state index in [9.17, 15) is 0 Å². The van der Waals surface area contributed by atoms with E-state index in [1.165, 1.54) is 207 Å². The molecule has 20 rings (SSSR count). The predicted octanol–water partition coefficient (Wildman–Crippen LogP) is 30.7. The molecule has 130 heavy (non-hydrogen) atoms. The zero-order valence-corrected chi connectivity index (χ0v) is 83.8. The summed E-state index contributed by atoms with van der Waals surface area (Å²) in [5.41, 5.74) is 41.7. The number of hydrogen-bond donors (Lipinski definition) is 1. The van der Waals surface area contributed by atoms with Crippen molar-refractivity contribution in [3.05, 3.63) is 303 Å². The Morgan fingerprint density at radius 2 is 0.592 bits per heavy atom. The van der Waals surface area contributed by atoms with Gasteiger partial charge in [0.25, 0.3) is 13.4 Å². The van der Waals surface area contributed by atoms with Crippen molar-refractivity contribution in [2.24, 2.45) is 0 Å². The summed E-state index contributed by atoms with van der Waals surface area (Å²) >= 11 is 7.19. The Morgan fingerprint density at radius 1 is 0.292 bits per heavy atom. The molecule has 0 bridgehead atoms. The van der Waals surface area contributed by atoms with Gasteiger partial charge in [-0.2, -0.15) is 0 Å². The van der Waals surface area contributed by atoms with Gasteiger partial charge in [-0.1, -0.05) is 358 Å². The Bertz CT molecular complexity index is 6250. The minimum absolute atomic E-state index is 0. The largest absolute Gasteiger partial charge is 0.356 e. The van der Waals surface area contributed by atoms with Gasteiger partial charge in [0.15, 0.2) is 0 Å². The first-order valence-corrected chi connectivity index (χ1v) is 48.8. The zero-order valence-electron chi connectivity index (χ0n) is 83.0. The number of rotatable bonds is 7. The molecule has 0 amide bonds. The van der Waals surface area contributed by atoms with Gasteiger partial charge < -0.3 is 29.8 Å². The van der Waals surface area contributed by atoms with Gasteiger partial charge in [-0.25, -0.2) is 0 Å². The van der Waals surface area contributed by atoms with Gasteiger partial charge in [-0.3, -0.25) is 0 Å². The van der Waals surface area contributed by atoms with Gasteiger partial charge >= 0.3 is 0 Å². The highest BCUT2D eigenvalue weighted by Crippen LogP contribution is 2.65. The molecule has 2 saturated carbocycles. The molecule has 1 N–H and O–H groups in total. The standard InChI is InChI=1S/C60H70BN3.C40H44BClN2.C20H27N.CH4/c1-55(2,3)39-23-28-43(29-24-39)62(44-30-25-40(26-31-44)56(4,5)6)46-37-51-53-52(38-46)64-54-47(59(13)33-15-16-34-60(59,64)14)21-18-22-49(54)61(53)48-32-27-42(58(10,11)12)36-50(48)63(51)45-20-17-19-41(35-45)57(7,8)9;1-37(2,3)25-13-11-14-28(21-25)43-32-22-26(38(4,5)6)17-18-30(32)41-31-16-12-15-29-36(31)44(34-24-27(42)23-33(43)35(34)41)40(8)20-10-9-19-39(29,40)7;1-19(2,3)15-7-11-17(12-8-15)21-18-13-9-16(10-14-18)20(4,5)6;/h17-32,35-38H,15-16,33-34H2,1-14H3;11-18,21-24H,9-10,19-20H2,1-8H3;7-14,21H,1-6H3;1H4. The molecule has 2 fully saturated rings. The maximum Gasteiger partial charge on any atom is 0.252 e. The molecule has 0 aromatic heterocycles. The van der Waals surface area contributed by atoms with Gasteiger partial charge in [0.2, 0.25) is 0 Å². The second kappa shape index (κ2) is 31.8. The molecule has 0 saturated heterocycles. The summed E-state index contributed by atoms with van der Waals surface area (Å²) in [5.74, 6) is 0. The molecule has 6 aliphatic heterocycles. The lowest BCUT2D eigenvalue weighted by molar-refractivity contribution is 0.195. The summed E-state index contributed by atoms with van der Waals surface area (Å²) in [6, 6.07) is 93.6. The number of benzene rings is 12. The first-order valence-electron chi connectivity index (χ1n) is 48.4. The Balaban J connectivity index is 0.000000154. The quantitative estimate of drug-likeness (QED) is 0.160. The molecule has 12 aromatic carbocycles. The van der Waals surface area contributed by atoms with E-state index in [2.05, 4.69) is 466 Å². The van der Waals surface area contributed by atoms with Crippen LogP contribution in [-0.4, -0.2) is 24.5 Å². The van der Waals surface area contributed by atoms with Crippen molar-refractivity contribution in [2.75, 3.05) is 29.8 Å². The predicted molar refractivity (Wildman–Crippen MR) is 569 cm³/mol. The lowest BCUT2D eigenvalue weighted by Gasteiger charge is -2.53. The van der Waals surface area contributed by atoms with Gasteiger partial charge in [0.1, 0.15) is 0 Å². The number of anilines is 15.